The van der Waals surface area contributed by atoms with Crippen LogP contribution in [-0.4, -0.2) is 66.3 Å². The zero-order valence-corrected chi connectivity index (χ0v) is 22.0. The zero-order chi connectivity index (χ0) is 25.6. The summed E-state index contributed by atoms with van der Waals surface area (Å²) in [7, 11) is 1.80. The summed E-state index contributed by atoms with van der Waals surface area (Å²) in [4.78, 5) is 32.0. The van der Waals surface area contributed by atoms with Crippen molar-refractivity contribution in [3.63, 3.8) is 0 Å². The van der Waals surface area contributed by atoms with Crippen LogP contribution in [0.15, 0.2) is 72.8 Å². The molecule has 3 aromatic rings. The third-order valence-electron chi connectivity index (χ3n) is 8.22. The third kappa shape index (κ3) is 6.40. The summed E-state index contributed by atoms with van der Waals surface area (Å²) in [6.45, 7) is 5.13. The van der Waals surface area contributed by atoms with Crippen LogP contribution in [0.1, 0.15) is 36.8 Å². The number of benzene rings is 3. The molecule has 5 heteroatoms. The van der Waals surface area contributed by atoms with Crippen LogP contribution < -0.4 is 0 Å². The number of rotatable bonds is 9. The summed E-state index contributed by atoms with van der Waals surface area (Å²) in [5, 5.41) is 2.39. The summed E-state index contributed by atoms with van der Waals surface area (Å²) >= 11 is 0. The molecule has 1 unspecified atom stereocenters. The maximum absolute atomic E-state index is 13.6. The molecule has 0 spiro atoms. The first kappa shape index (κ1) is 25.5. The van der Waals surface area contributed by atoms with Crippen molar-refractivity contribution in [2.45, 2.75) is 38.6 Å². The number of carbonyl (C=O) groups is 2. The molecule has 1 atom stereocenters. The highest BCUT2D eigenvalue weighted by atomic mass is 16.2. The first-order valence-electron chi connectivity index (χ1n) is 13.8. The van der Waals surface area contributed by atoms with E-state index in [1.807, 2.05) is 4.90 Å². The predicted molar refractivity (Wildman–Crippen MR) is 149 cm³/mol. The Labute approximate surface area is 221 Å². The van der Waals surface area contributed by atoms with Gasteiger partial charge in [-0.05, 0) is 73.1 Å². The largest absolute Gasteiger partial charge is 0.345 e. The van der Waals surface area contributed by atoms with Gasteiger partial charge in [-0.3, -0.25) is 9.59 Å². The second-order valence-electron chi connectivity index (χ2n) is 10.9. The summed E-state index contributed by atoms with van der Waals surface area (Å²) in [6.07, 6.45) is 4.94. The fraction of sp³-hybridized carbons (Fsp3) is 0.438. The van der Waals surface area contributed by atoms with Crippen molar-refractivity contribution in [3.05, 3.63) is 83.9 Å². The van der Waals surface area contributed by atoms with E-state index in [4.69, 9.17) is 0 Å². The number of nitrogens with zero attached hydrogens (tertiary/aromatic N) is 3. The minimum absolute atomic E-state index is 0.0711. The predicted octanol–water partition coefficient (Wildman–Crippen LogP) is 4.99. The van der Waals surface area contributed by atoms with E-state index in [9.17, 15) is 9.59 Å². The normalized spacial score (nSPS) is 19.0. The molecule has 3 aromatic carbocycles. The van der Waals surface area contributed by atoms with Gasteiger partial charge in [-0.2, -0.15) is 0 Å². The highest BCUT2D eigenvalue weighted by Crippen LogP contribution is 2.25. The molecule has 2 amide bonds. The van der Waals surface area contributed by atoms with Crippen LogP contribution >= 0.6 is 0 Å². The Balaban J connectivity index is 1.19. The first-order chi connectivity index (χ1) is 18.1. The standard InChI is InChI=1S/C32H39N3O2/c1-33-23-29(22-31(33)36)32(37)35(24-28-13-7-12-27-11-5-6-14-30(27)28)18-8-17-34-19-15-26(16-20-34)21-25-9-3-2-4-10-25/h2-7,9-14,26,29H,8,15-24H2,1H3. The van der Waals surface area contributed by atoms with E-state index in [0.717, 1.165) is 38.5 Å². The monoisotopic (exact) mass is 497 g/mol. The van der Waals surface area contributed by atoms with Crippen LogP contribution in [-0.2, 0) is 22.6 Å². The van der Waals surface area contributed by atoms with Crippen molar-refractivity contribution < 1.29 is 9.59 Å². The number of fused-ring (bicyclic) bond motifs is 1. The Kier molecular flexibility index (Phi) is 8.20. The molecule has 5 rings (SSSR count). The summed E-state index contributed by atoms with van der Waals surface area (Å²) in [6, 6.07) is 25.5. The molecule has 0 aromatic heterocycles. The van der Waals surface area contributed by atoms with Crippen LogP contribution in [0.2, 0.25) is 0 Å². The van der Waals surface area contributed by atoms with E-state index >= 15 is 0 Å². The molecule has 5 nitrogen and oxygen atoms in total. The van der Waals surface area contributed by atoms with Crippen LogP contribution in [0.4, 0.5) is 0 Å². The SMILES string of the molecule is CN1CC(C(=O)N(CCCN2CCC(Cc3ccccc3)CC2)Cc2cccc3ccccc23)CC1=O. The van der Waals surface area contributed by atoms with Gasteiger partial charge in [-0.1, -0.05) is 72.8 Å². The Morgan fingerprint density at radius 2 is 1.68 bits per heavy atom. The molecule has 0 radical (unpaired) electrons. The maximum Gasteiger partial charge on any atom is 0.228 e. The van der Waals surface area contributed by atoms with E-state index in [1.165, 1.54) is 41.2 Å². The molecule has 0 aliphatic carbocycles. The van der Waals surface area contributed by atoms with Gasteiger partial charge >= 0.3 is 0 Å². The second-order valence-corrected chi connectivity index (χ2v) is 10.9. The van der Waals surface area contributed by atoms with Crippen molar-refractivity contribution in [2.75, 3.05) is 39.8 Å². The summed E-state index contributed by atoms with van der Waals surface area (Å²) in [5.41, 5.74) is 2.62. The first-order valence-corrected chi connectivity index (χ1v) is 13.8. The lowest BCUT2D eigenvalue weighted by Crippen LogP contribution is -2.40. The maximum atomic E-state index is 13.6. The van der Waals surface area contributed by atoms with Gasteiger partial charge in [0.05, 0.1) is 5.92 Å². The highest BCUT2D eigenvalue weighted by molar-refractivity contribution is 5.90. The minimum atomic E-state index is -0.235. The van der Waals surface area contributed by atoms with Crippen LogP contribution in [0, 0.1) is 11.8 Å². The minimum Gasteiger partial charge on any atom is -0.345 e. The average Bonchev–Trinajstić information content (AvgIpc) is 3.27. The molecular weight excluding hydrogens is 458 g/mol. The molecular formula is C32H39N3O2. The number of carbonyl (C=O) groups excluding carboxylic acids is 2. The van der Waals surface area contributed by atoms with E-state index in [2.05, 4.69) is 77.7 Å². The fourth-order valence-electron chi connectivity index (χ4n) is 6.04. The lowest BCUT2D eigenvalue weighted by atomic mass is 9.90. The average molecular weight is 498 g/mol. The van der Waals surface area contributed by atoms with Crippen LogP contribution in [0.25, 0.3) is 10.8 Å². The van der Waals surface area contributed by atoms with Gasteiger partial charge in [0.15, 0.2) is 0 Å². The third-order valence-corrected chi connectivity index (χ3v) is 8.22. The molecule has 0 saturated carbocycles. The molecule has 2 heterocycles. The molecule has 0 N–H and O–H groups in total. The second kappa shape index (κ2) is 11.9. The fourth-order valence-corrected chi connectivity index (χ4v) is 6.04. The number of hydrogen-bond acceptors (Lipinski definition) is 3. The van der Waals surface area contributed by atoms with Crippen LogP contribution in [0.5, 0.6) is 0 Å². The highest BCUT2D eigenvalue weighted by Gasteiger charge is 2.34. The number of amides is 2. The molecule has 37 heavy (non-hydrogen) atoms. The smallest absolute Gasteiger partial charge is 0.228 e. The number of likely N-dealkylation sites (tertiary alicyclic amines) is 2. The number of hydrogen-bond donors (Lipinski definition) is 0. The van der Waals surface area contributed by atoms with Gasteiger partial charge < -0.3 is 14.7 Å². The molecule has 2 fully saturated rings. The van der Waals surface area contributed by atoms with E-state index in [0.29, 0.717) is 19.5 Å². The van der Waals surface area contributed by atoms with Gasteiger partial charge in [0.25, 0.3) is 0 Å². The van der Waals surface area contributed by atoms with E-state index in [1.54, 1.807) is 11.9 Å². The Hall–Kier alpha value is -3.18. The van der Waals surface area contributed by atoms with Crippen molar-refractivity contribution in [2.24, 2.45) is 11.8 Å². The van der Waals surface area contributed by atoms with Gasteiger partial charge in [-0.15, -0.1) is 0 Å². The summed E-state index contributed by atoms with van der Waals surface area (Å²) in [5.74, 6) is 0.718. The van der Waals surface area contributed by atoms with Crippen molar-refractivity contribution in [1.29, 1.82) is 0 Å². The Morgan fingerprint density at radius 1 is 0.946 bits per heavy atom. The zero-order valence-electron chi connectivity index (χ0n) is 22.0. The van der Waals surface area contributed by atoms with Crippen molar-refractivity contribution >= 4 is 22.6 Å². The van der Waals surface area contributed by atoms with E-state index in [-0.39, 0.29) is 17.7 Å². The molecule has 2 aliphatic heterocycles. The van der Waals surface area contributed by atoms with E-state index < -0.39 is 0 Å². The van der Waals surface area contributed by atoms with Gasteiger partial charge in [0.1, 0.15) is 0 Å². The Morgan fingerprint density at radius 3 is 2.43 bits per heavy atom. The number of piperidine rings is 1. The molecule has 2 aliphatic rings. The van der Waals surface area contributed by atoms with Gasteiger partial charge in [0, 0.05) is 33.1 Å². The topological polar surface area (TPSA) is 43.9 Å². The van der Waals surface area contributed by atoms with Gasteiger partial charge in [-0.25, -0.2) is 0 Å². The van der Waals surface area contributed by atoms with Gasteiger partial charge in [0.2, 0.25) is 11.8 Å². The molecule has 0 bridgehead atoms. The lowest BCUT2D eigenvalue weighted by molar-refractivity contribution is -0.136. The molecule has 2 saturated heterocycles. The quantitative estimate of drug-likeness (QED) is 0.418. The molecule has 194 valence electrons. The van der Waals surface area contributed by atoms with Crippen LogP contribution in [0.3, 0.4) is 0 Å². The summed E-state index contributed by atoms with van der Waals surface area (Å²) < 4.78 is 0. The lowest BCUT2D eigenvalue weighted by Gasteiger charge is -2.33. The Bertz CT molecular complexity index is 1200. The van der Waals surface area contributed by atoms with Crippen molar-refractivity contribution in [1.82, 2.24) is 14.7 Å². The van der Waals surface area contributed by atoms with Crippen molar-refractivity contribution in [3.8, 4) is 0 Å².